The first kappa shape index (κ1) is 21.0. The van der Waals surface area contributed by atoms with Crippen molar-refractivity contribution in [3.8, 4) is 0 Å². The fourth-order valence-corrected chi connectivity index (χ4v) is 4.46. The van der Waals surface area contributed by atoms with Gasteiger partial charge in [0, 0.05) is 32.6 Å². The van der Waals surface area contributed by atoms with Crippen LogP contribution in [0.25, 0.3) is 5.57 Å². The fraction of sp³-hybridized carbons (Fsp3) is 0.609. The molecule has 28 heavy (non-hydrogen) atoms. The van der Waals surface area contributed by atoms with Crippen molar-refractivity contribution in [3.05, 3.63) is 41.0 Å². The van der Waals surface area contributed by atoms with E-state index < -0.39 is 17.3 Å². The minimum absolute atomic E-state index is 0.277. The monoisotopic (exact) mass is 387 g/mol. The minimum Gasteiger partial charge on any atom is -0.385 e. The number of hydrogen-bond donors (Lipinski definition) is 2. The van der Waals surface area contributed by atoms with E-state index in [2.05, 4.69) is 19.9 Å². The Kier molecular flexibility index (Phi) is 5.72. The predicted molar refractivity (Wildman–Crippen MR) is 110 cm³/mol. The molecule has 1 saturated carbocycles. The number of nitrogens with two attached hydrogens (primary N) is 1. The number of allylic oxidation sites excluding steroid dienone is 2. The third-order valence-electron chi connectivity index (χ3n) is 6.72. The van der Waals surface area contributed by atoms with Gasteiger partial charge in [0.2, 0.25) is 5.91 Å². The lowest BCUT2D eigenvalue weighted by molar-refractivity contribution is -0.243. The lowest BCUT2D eigenvalue weighted by Gasteiger charge is -2.42. The standard InChI is InChI=1S/C23H33NO4/c1-21(2)9-7-16(8-10-21)19-15-17(5-6-18(19)20(24)25)22(26)11-13-23(27-3,28-4)14-12-22/h5-7,15,26H,8-14H2,1-4H3,(H2,24,25). The SMILES string of the molecule is COC1(OC)CCC(O)(c2ccc(C(N)=O)c(C3=CCC(C)(C)CC3)c2)CC1. The smallest absolute Gasteiger partial charge is 0.249 e. The van der Waals surface area contributed by atoms with Crippen LogP contribution in [-0.2, 0) is 15.1 Å². The summed E-state index contributed by atoms with van der Waals surface area (Å²) in [6.45, 7) is 4.52. The Morgan fingerprint density at radius 3 is 2.21 bits per heavy atom. The molecule has 3 rings (SSSR count). The molecule has 0 aliphatic heterocycles. The summed E-state index contributed by atoms with van der Waals surface area (Å²) in [6, 6.07) is 5.57. The van der Waals surface area contributed by atoms with E-state index in [0.29, 0.717) is 31.2 Å². The zero-order valence-corrected chi connectivity index (χ0v) is 17.5. The average molecular weight is 388 g/mol. The maximum atomic E-state index is 12.0. The van der Waals surface area contributed by atoms with Crippen molar-refractivity contribution in [1.29, 1.82) is 0 Å². The lowest BCUT2D eigenvalue weighted by Crippen LogP contribution is -2.43. The van der Waals surface area contributed by atoms with Gasteiger partial charge in [0.25, 0.3) is 0 Å². The van der Waals surface area contributed by atoms with Crippen molar-refractivity contribution in [2.45, 2.75) is 70.2 Å². The second-order valence-electron chi connectivity index (χ2n) is 9.07. The maximum absolute atomic E-state index is 12.0. The molecule has 0 radical (unpaired) electrons. The van der Waals surface area contributed by atoms with E-state index in [0.717, 1.165) is 36.0 Å². The summed E-state index contributed by atoms with van der Waals surface area (Å²) in [5, 5.41) is 11.4. The highest BCUT2D eigenvalue weighted by molar-refractivity contribution is 5.98. The Bertz CT molecular complexity index is 767. The number of benzene rings is 1. The second-order valence-corrected chi connectivity index (χ2v) is 9.07. The zero-order valence-electron chi connectivity index (χ0n) is 17.5. The Labute approximate surface area is 167 Å². The first-order chi connectivity index (χ1) is 13.1. The number of amides is 1. The average Bonchev–Trinajstić information content (AvgIpc) is 2.68. The predicted octanol–water partition coefficient (Wildman–Crippen LogP) is 4.13. The molecule has 0 unspecified atom stereocenters. The van der Waals surface area contributed by atoms with E-state index in [9.17, 15) is 9.90 Å². The molecule has 5 nitrogen and oxygen atoms in total. The number of carbonyl (C=O) groups is 1. The van der Waals surface area contributed by atoms with Crippen LogP contribution in [0.5, 0.6) is 0 Å². The molecule has 0 heterocycles. The Hall–Kier alpha value is -1.69. The highest BCUT2D eigenvalue weighted by Crippen LogP contribution is 2.45. The summed E-state index contributed by atoms with van der Waals surface area (Å²) in [7, 11) is 3.29. The van der Waals surface area contributed by atoms with E-state index >= 15 is 0 Å². The van der Waals surface area contributed by atoms with Gasteiger partial charge in [-0.3, -0.25) is 4.79 Å². The molecule has 3 N–H and O–H groups in total. The Morgan fingerprint density at radius 1 is 1.07 bits per heavy atom. The van der Waals surface area contributed by atoms with E-state index in [-0.39, 0.29) is 5.41 Å². The number of ether oxygens (including phenoxy) is 2. The molecule has 1 amide bonds. The number of hydrogen-bond acceptors (Lipinski definition) is 4. The maximum Gasteiger partial charge on any atom is 0.249 e. The first-order valence-corrected chi connectivity index (χ1v) is 10.1. The quantitative estimate of drug-likeness (QED) is 0.744. The van der Waals surface area contributed by atoms with Gasteiger partial charge >= 0.3 is 0 Å². The van der Waals surface area contributed by atoms with Crippen molar-refractivity contribution in [2.75, 3.05) is 14.2 Å². The number of carbonyl (C=O) groups excluding carboxylic acids is 1. The van der Waals surface area contributed by atoms with Crippen molar-refractivity contribution in [3.63, 3.8) is 0 Å². The molecule has 0 atom stereocenters. The molecule has 1 fully saturated rings. The van der Waals surface area contributed by atoms with Crippen LogP contribution in [0.4, 0.5) is 0 Å². The van der Waals surface area contributed by atoms with Gasteiger partial charge in [-0.1, -0.05) is 26.0 Å². The van der Waals surface area contributed by atoms with Crippen LogP contribution < -0.4 is 5.73 Å². The van der Waals surface area contributed by atoms with Gasteiger partial charge in [-0.05, 0) is 66.4 Å². The molecule has 0 spiro atoms. The fourth-order valence-electron chi connectivity index (χ4n) is 4.46. The van der Waals surface area contributed by atoms with Crippen molar-refractivity contribution < 1.29 is 19.4 Å². The molecule has 0 saturated heterocycles. The van der Waals surface area contributed by atoms with Crippen molar-refractivity contribution in [1.82, 2.24) is 0 Å². The molecule has 0 bridgehead atoms. The summed E-state index contributed by atoms with van der Waals surface area (Å²) in [4.78, 5) is 12.0. The van der Waals surface area contributed by atoms with Gasteiger partial charge in [-0.25, -0.2) is 0 Å². The van der Waals surface area contributed by atoms with Gasteiger partial charge < -0.3 is 20.3 Å². The number of primary amides is 1. The summed E-state index contributed by atoms with van der Waals surface area (Å²) in [5.74, 6) is -1.06. The van der Waals surface area contributed by atoms with Crippen LogP contribution in [-0.4, -0.2) is 31.0 Å². The molecule has 0 aromatic heterocycles. The summed E-state index contributed by atoms with van der Waals surface area (Å²) in [5.41, 5.74) is 8.34. The molecular weight excluding hydrogens is 354 g/mol. The topological polar surface area (TPSA) is 81.8 Å². The number of methoxy groups -OCH3 is 2. The van der Waals surface area contributed by atoms with E-state index in [4.69, 9.17) is 15.2 Å². The normalized spacial score (nSPS) is 23.1. The highest BCUT2D eigenvalue weighted by atomic mass is 16.7. The molecule has 2 aliphatic rings. The Morgan fingerprint density at radius 2 is 1.71 bits per heavy atom. The van der Waals surface area contributed by atoms with E-state index in [1.165, 1.54) is 0 Å². The molecule has 1 aromatic carbocycles. The summed E-state index contributed by atoms with van der Waals surface area (Å²) in [6.07, 6.45) is 7.47. The minimum atomic E-state index is -0.958. The third-order valence-corrected chi connectivity index (χ3v) is 6.72. The van der Waals surface area contributed by atoms with E-state index in [1.807, 2.05) is 12.1 Å². The molecule has 154 valence electrons. The van der Waals surface area contributed by atoms with Crippen LogP contribution in [0.3, 0.4) is 0 Å². The third kappa shape index (κ3) is 4.02. The molecule has 2 aliphatic carbocycles. The molecule has 5 heteroatoms. The van der Waals surface area contributed by atoms with Crippen LogP contribution in [0.2, 0.25) is 0 Å². The van der Waals surface area contributed by atoms with Crippen LogP contribution in [0, 0.1) is 5.41 Å². The summed E-state index contributed by atoms with van der Waals surface area (Å²) >= 11 is 0. The van der Waals surface area contributed by atoms with Crippen LogP contribution in [0.15, 0.2) is 24.3 Å². The lowest BCUT2D eigenvalue weighted by atomic mass is 9.74. The zero-order chi connectivity index (χ0) is 20.6. The summed E-state index contributed by atoms with van der Waals surface area (Å²) < 4.78 is 11.1. The number of aliphatic hydroxyl groups is 1. The van der Waals surface area contributed by atoms with Crippen molar-refractivity contribution in [2.24, 2.45) is 11.1 Å². The van der Waals surface area contributed by atoms with Gasteiger partial charge in [0.1, 0.15) is 0 Å². The van der Waals surface area contributed by atoms with Crippen molar-refractivity contribution >= 4 is 11.5 Å². The molecular formula is C23H33NO4. The molecule has 1 aromatic rings. The first-order valence-electron chi connectivity index (χ1n) is 10.1. The highest BCUT2D eigenvalue weighted by Gasteiger charge is 2.43. The van der Waals surface area contributed by atoms with Gasteiger partial charge in [0.15, 0.2) is 5.79 Å². The van der Waals surface area contributed by atoms with E-state index in [1.54, 1.807) is 20.3 Å². The second kappa shape index (κ2) is 7.62. The Balaban J connectivity index is 1.94. The van der Waals surface area contributed by atoms with Gasteiger partial charge in [-0.15, -0.1) is 0 Å². The van der Waals surface area contributed by atoms with Crippen LogP contribution in [0.1, 0.15) is 80.3 Å². The number of rotatable bonds is 5. The van der Waals surface area contributed by atoms with Crippen LogP contribution >= 0.6 is 0 Å². The largest absolute Gasteiger partial charge is 0.385 e. The van der Waals surface area contributed by atoms with Gasteiger partial charge in [0.05, 0.1) is 5.60 Å². The van der Waals surface area contributed by atoms with Gasteiger partial charge in [-0.2, -0.15) is 0 Å².